The molecular weight excluding hydrogens is 300 g/mol. The largest absolute Gasteiger partial charge is 0.392 e. The summed E-state index contributed by atoms with van der Waals surface area (Å²) in [5.41, 5.74) is 1.07. The molecule has 2 atom stereocenters. The number of carbonyl (C=O) groups excluding carboxylic acids is 1. The van der Waals surface area contributed by atoms with Gasteiger partial charge in [-0.15, -0.1) is 0 Å². The lowest BCUT2D eigenvalue weighted by Crippen LogP contribution is -2.55. The summed E-state index contributed by atoms with van der Waals surface area (Å²) in [7, 11) is 0. The number of rotatable bonds is 4. The van der Waals surface area contributed by atoms with E-state index in [1.165, 1.54) is 10.8 Å². The molecule has 2 aromatic carbocycles. The Balaban J connectivity index is 1.62. The average molecular weight is 326 g/mol. The molecule has 128 valence electrons. The van der Waals surface area contributed by atoms with E-state index < -0.39 is 0 Å². The van der Waals surface area contributed by atoms with Gasteiger partial charge in [-0.25, -0.2) is 0 Å². The van der Waals surface area contributed by atoms with E-state index in [1.807, 2.05) is 30.0 Å². The van der Waals surface area contributed by atoms with Gasteiger partial charge in [0.05, 0.1) is 12.5 Å². The second-order valence-corrected chi connectivity index (χ2v) is 6.89. The van der Waals surface area contributed by atoms with E-state index in [0.717, 1.165) is 25.2 Å². The molecule has 1 amide bonds. The van der Waals surface area contributed by atoms with Gasteiger partial charge in [-0.2, -0.15) is 0 Å². The molecule has 0 saturated carbocycles. The average Bonchev–Trinajstić information content (AvgIpc) is 2.56. The van der Waals surface area contributed by atoms with Crippen LogP contribution in [0.3, 0.4) is 0 Å². The first kappa shape index (κ1) is 16.9. The van der Waals surface area contributed by atoms with Gasteiger partial charge in [-0.1, -0.05) is 42.5 Å². The predicted molar refractivity (Wildman–Crippen MR) is 96.9 cm³/mol. The normalized spacial score (nSPS) is 20.3. The monoisotopic (exact) mass is 326 g/mol. The van der Waals surface area contributed by atoms with Gasteiger partial charge in [0.1, 0.15) is 0 Å². The van der Waals surface area contributed by atoms with Crippen molar-refractivity contribution in [2.24, 2.45) is 0 Å². The van der Waals surface area contributed by atoms with Crippen molar-refractivity contribution >= 4 is 16.7 Å². The van der Waals surface area contributed by atoms with E-state index in [9.17, 15) is 9.90 Å². The summed E-state index contributed by atoms with van der Waals surface area (Å²) in [5, 5.41) is 11.9. The molecule has 1 aliphatic rings. The number of carbonyl (C=O) groups is 1. The Labute approximate surface area is 143 Å². The van der Waals surface area contributed by atoms with E-state index >= 15 is 0 Å². The standard InChI is InChI=1S/C20H26N2O2/c1-15-13-22(10-9-21(15)14-16(2)23)20(24)12-17-7-8-18-5-3-4-6-19(18)11-17/h3-8,11,15-16,23H,9-10,12-14H2,1-2H3/t15-,16+/m1/s1. The number of aliphatic hydroxyl groups excluding tert-OH is 1. The molecule has 4 heteroatoms. The van der Waals surface area contributed by atoms with Crippen LogP contribution in [0, 0.1) is 0 Å². The molecule has 0 aliphatic carbocycles. The van der Waals surface area contributed by atoms with E-state index in [-0.39, 0.29) is 18.1 Å². The zero-order chi connectivity index (χ0) is 17.1. The number of fused-ring (bicyclic) bond motifs is 1. The molecule has 1 fully saturated rings. The number of amides is 1. The highest BCUT2D eigenvalue weighted by molar-refractivity contribution is 5.85. The van der Waals surface area contributed by atoms with Gasteiger partial charge < -0.3 is 10.0 Å². The number of hydrogen-bond donors (Lipinski definition) is 1. The predicted octanol–water partition coefficient (Wildman–Crippen LogP) is 2.30. The summed E-state index contributed by atoms with van der Waals surface area (Å²) < 4.78 is 0. The SMILES string of the molecule is C[C@H](O)CN1CCN(C(=O)Cc2ccc3ccccc3c2)C[C@H]1C. The molecule has 0 spiro atoms. The molecule has 0 bridgehead atoms. The van der Waals surface area contributed by atoms with E-state index in [1.54, 1.807) is 0 Å². The Hall–Kier alpha value is -1.91. The molecule has 0 radical (unpaired) electrons. The quantitative estimate of drug-likeness (QED) is 0.937. The fourth-order valence-corrected chi connectivity index (χ4v) is 3.47. The highest BCUT2D eigenvalue weighted by atomic mass is 16.3. The first-order valence-corrected chi connectivity index (χ1v) is 8.70. The van der Waals surface area contributed by atoms with Crippen molar-refractivity contribution in [3.05, 3.63) is 48.0 Å². The van der Waals surface area contributed by atoms with Crippen molar-refractivity contribution in [1.29, 1.82) is 0 Å². The zero-order valence-corrected chi connectivity index (χ0v) is 14.5. The van der Waals surface area contributed by atoms with Crippen LogP contribution in [-0.2, 0) is 11.2 Å². The van der Waals surface area contributed by atoms with Gasteiger partial charge in [0.25, 0.3) is 0 Å². The minimum atomic E-state index is -0.327. The molecule has 1 heterocycles. The van der Waals surface area contributed by atoms with Gasteiger partial charge in [-0.05, 0) is 30.2 Å². The highest BCUT2D eigenvalue weighted by Gasteiger charge is 2.27. The molecule has 4 nitrogen and oxygen atoms in total. The Morgan fingerprint density at radius 2 is 1.96 bits per heavy atom. The first-order chi connectivity index (χ1) is 11.5. The number of hydrogen-bond acceptors (Lipinski definition) is 3. The topological polar surface area (TPSA) is 43.8 Å². The lowest BCUT2D eigenvalue weighted by molar-refractivity contribution is -0.133. The van der Waals surface area contributed by atoms with E-state index in [0.29, 0.717) is 13.0 Å². The molecular formula is C20H26N2O2. The molecule has 2 aromatic rings. The van der Waals surface area contributed by atoms with Crippen molar-refractivity contribution in [2.45, 2.75) is 32.4 Å². The summed E-state index contributed by atoms with van der Waals surface area (Å²) in [5.74, 6) is 0.189. The molecule has 3 rings (SSSR count). The van der Waals surface area contributed by atoms with Crippen molar-refractivity contribution in [3.63, 3.8) is 0 Å². The summed E-state index contributed by atoms with van der Waals surface area (Å²) >= 11 is 0. The molecule has 0 unspecified atom stereocenters. The van der Waals surface area contributed by atoms with Gasteiger partial charge in [0.15, 0.2) is 0 Å². The fourth-order valence-electron chi connectivity index (χ4n) is 3.47. The number of β-amino-alcohol motifs (C(OH)–C–C–N with tert-alkyl or cyclic N) is 1. The molecule has 24 heavy (non-hydrogen) atoms. The van der Waals surface area contributed by atoms with Crippen LogP contribution in [0.1, 0.15) is 19.4 Å². The number of nitrogens with zero attached hydrogens (tertiary/aromatic N) is 2. The third-order valence-corrected chi connectivity index (χ3v) is 4.79. The van der Waals surface area contributed by atoms with Gasteiger partial charge in [-0.3, -0.25) is 9.69 Å². The second-order valence-electron chi connectivity index (χ2n) is 6.89. The minimum absolute atomic E-state index is 0.189. The Bertz CT molecular complexity index is 714. The van der Waals surface area contributed by atoms with Crippen molar-refractivity contribution in [1.82, 2.24) is 9.80 Å². The van der Waals surface area contributed by atoms with Crippen molar-refractivity contribution in [3.8, 4) is 0 Å². The van der Waals surface area contributed by atoms with Crippen molar-refractivity contribution in [2.75, 3.05) is 26.2 Å². The van der Waals surface area contributed by atoms with Gasteiger partial charge in [0.2, 0.25) is 5.91 Å². The first-order valence-electron chi connectivity index (χ1n) is 8.70. The van der Waals surface area contributed by atoms with Crippen LogP contribution in [-0.4, -0.2) is 59.1 Å². The third kappa shape index (κ3) is 3.94. The van der Waals surface area contributed by atoms with Crippen LogP contribution in [0.4, 0.5) is 0 Å². The molecule has 1 saturated heterocycles. The van der Waals surface area contributed by atoms with E-state index in [4.69, 9.17) is 0 Å². The van der Waals surface area contributed by atoms with E-state index in [2.05, 4.69) is 36.1 Å². The Kier molecular flexibility index (Phi) is 5.17. The maximum absolute atomic E-state index is 12.6. The summed E-state index contributed by atoms with van der Waals surface area (Å²) in [4.78, 5) is 16.8. The van der Waals surface area contributed by atoms with Gasteiger partial charge in [0, 0.05) is 32.2 Å². The van der Waals surface area contributed by atoms with Crippen LogP contribution >= 0.6 is 0 Å². The zero-order valence-electron chi connectivity index (χ0n) is 14.5. The Morgan fingerprint density at radius 1 is 1.21 bits per heavy atom. The third-order valence-electron chi connectivity index (χ3n) is 4.79. The second kappa shape index (κ2) is 7.32. The van der Waals surface area contributed by atoms with Crippen LogP contribution in [0.5, 0.6) is 0 Å². The smallest absolute Gasteiger partial charge is 0.227 e. The minimum Gasteiger partial charge on any atom is -0.392 e. The summed E-state index contributed by atoms with van der Waals surface area (Å²) in [6, 6.07) is 14.8. The number of benzene rings is 2. The molecule has 1 aliphatic heterocycles. The highest BCUT2D eigenvalue weighted by Crippen LogP contribution is 2.17. The molecule has 1 N–H and O–H groups in total. The van der Waals surface area contributed by atoms with Crippen LogP contribution in [0.15, 0.2) is 42.5 Å². The van der Waals surface area contributed by atoms with Crippen LogP contribution in [0.2, 0.25) is 0 Å². The van der Waals surface area contributed by atoms with Crippen LogP contribution < -0.4 is 0 Å². The lowest BCUT2D eigenvalue weighted by Gasteiger charge is -2.40. The molecule has 0 aromatic heterocycles. The summed E-state index contributed by atoms with van der Waals surface area (Å²) in [6.45, 7) is 6.91. The maximum Gasteiger partial charge on any atom is 0.227 e. The maximum atomic E-state index is 12.6. The lowest BCUT2D eigenvalue weighted by atomic mass is 10.0. The van der Waals surface area contributed by atoms with Crippen LogP contribution in [0.25, 0.3) is 10.8 Å². The summed E-state index contributed by atoms with van der Waals surface area (Å²) in [6.07, 6.45) is 0.126. The van der Waals surface area contributed by atoms with Gasteiger partial charge >= 0.3 is 0 Å². The number of piperazine rings is 1. The van der Waals surface area contributed by atoms with Crippen molar-refractivity contribution < 1.29 is 9.90 Å². The number of aliphatic hydroxyl groups is 1. The fraction of sp³-hybridized carbons (Fsp3) is 0.450. The Morgan fingerprint density at radius 3 is 2.67 bits per heavy atom.